The van der Waals surface area contributed by atoms with Gasteiger partial charge in [-0.15, -0.1) is 21.5 Å². The second-order valence-electron chi connectivity index (χ2n) is 7.22. The van der Waals surface area contributed by atoms with Gasteiger partial charge in [-0.3, -0.25) is 9.69 Å². The Kier molecular flexibility index (Phi) is 7.24. The Hall–Kier alpha value is -2.68. The largest absolute Gasteiger partial charge is 0.416 e. The lowest BCUT2D eigenvalue weighted by molar-refractivity contribution is -0.115. The first kappa shape index (κ1) is 22.5. The number of halogens is 1. The van der Waals surface area contributed by atoms with Crippen molar-refractivity contribution in [1.29, 1.82) is 0 Å². The van der Waals surface area contributed by atoms with Gasteiger partial charge in [0.2, 0.25) is 11.8 Å². The smallest absolute Gasteiger partial charge is 0.276 e. The maximum Gasteiger partial charge on any atom is 0.276 e. The number of amides is 1. The average Bonchev–Trinajstić information content (AvgIpc) is 3.42. The van der Waals surface area contributed by atoms with Crippen LogP contribution in [0.15, 0.2) is 69.6 Å². The van der Waals surface area contributed by atoms with E-state index in [2.05, 4.69) is 34.2 Å². The van der Waals surface area contributed by atoms with E-state index in [1.165, 1.54) is 35.6 Å². The van der Waals surface area contributed by atoms with Gasteiger partial charge in [-0.25, -0.2) is 4.98 Å². The van der Waals surface area contributed by atoms with Crippen LogP contribution >= 0.6 is 34.7 Å². The Morgan fingerprint density at radius 2 is 2.00 bits per heavy atom. The molecule has 32 heavy (non-hydrogen) atoms. The lowest BCUT2D eigenvalue weighted by Crippen LogP contribution is -2.22. The van der Waals surface area contributed by atoms with E-state index in [9.17, 15) is 4.79 Å². The Bertz CT molecular complexity index is 1200. The lowest BCUT2D eigenvalue weighted by atomic mass is 9.98. The molecule has 4 rings (SSSR count). The van der Waals surface area contributed by atoms with Crippen molar-refractivity contribution in [3.8, 4) is 0 Å². The highest BCUT2D eigenvalue weighted by Gasteiger charge is 2.19. The lowest BCUT2D eigenvalue weighted by Gasteiger charge is -2.18. The van der Waals surface area contributed by atoms with Crippen LogP contribution in [-0.4, -0.2) is 21.1 Å². The summed E-state index contributed by atoms with van der Waals surface area (Å²) in [5.74, 6) is 1.34. The van der Waals surface area contributed by atoms with E-state index in [0.29, 0.717) is 45.0 Å². The van der Waals surface area contributed by atoms with E-state index in [1.807, 2.05) is 35.7 Å². The molecule has 0 fully saturated rings. The molecule has 2 aromatic heterocycles. The fourth-order valence-corrected chi connectivity index (χ4v) is 5.03. The van der Waals surface area contributed by atoms with Gasteiger partial charge in [0.1, 0.15) is 0 Å². The zero-order valence-corrected chi connectivity index (χ0v) is 20.0. The monoisotopic (exact) mass is 484 g/mol. The SMILES string of the molecule is CC(=O)N(c1cccc(Cl)c1)c1nc(CSc2nnc(CC(C)c3ccccc3)o2)cs1. The number of carbonyl (C=O) groups is 1. The summed E-state index contributed by atoms with van der Waals surface area (Å²) in [6, 6.07) is 17.4. The van der Waals surface area contributed by atoms with Crippen molar-refractivity contribution < 1.29 is 9.21 Å². The molecular weight excluding hydrogens is 464 g/mol. The number of aromatic nitrogens is 3. The van der Waals surface area contributed by atoms with Gasteiger partial charge < -0.3 is 4.42 Å². The van der Waals surface area contributed by atoms with E-state index in [0.717, 1.165) is 5.69 Å². The van der Waals surface area contributed by atoms with Crippen LogP contribution in [0.5, 0.6) is 0 Å². The minimum atomic E-state index is -0.130. The van der Waals surface area contributed by atoms with Crippen molar-refractivity contribution in [2.75, 3.05) is 4.90 Å². The number of thioether (sulfide) groups is 1. The summed E-state index contributed by atoms with van der Waals surface area (Å²) >= 11 is 8.92. The van der Waals surface area contributed by atoms with Crippen LogP contribution in [0.1, 0.15) is 36.9 Å². The first-order valence-corrected chi connectivity index (χ1v) is 12.2. The predicted molar refractivity (Wildman–Crippen MR) is 129 cm³/mol. The molecule has 0 N–H and O–H groups in total. The molecule has 1 amide bonds. The first-order chi connectivity index (χ1) is 15.5. The fraction of sp³-hybridized carbons (Fsp3) is 0.217. The van der Waals surface area contributed by atoms with Gasteiger partial charge in [-0.2, -0.15) is 0 Å². The number of hydrogen-bond donors (Lipinski definition) is 0. The molecule has 0 aliphatic carbocycles. The molecule has 0 radical (unpaired) electrons. The number of hydrogen-bond acceptors (Lipinski definition) is 7. The predicted octanol–water partition coefficient (Wildman–Crippen LogP) is 6.50. The van der Waals surface area contributed by atoms with Gasteiger partial charge in [-0.1, -0.05) is 66.7 Å². The Balaban J connectivity index is 1.39. The van der Waals surface area contributed by atoms with E-state index in [1.54, 1.807) is 17.0 Å². The molecule has 9 heteroatoms. The zero-order chi connectivity index (χ0) is 22.5. The molecule has 6 nitrogen and oxygen atoms in total. The third-order valence-corrected chi connectivity index (χ3v) is 6.72. The maximum atomic E-state index is 12.2. The van der Waals surface area contributed by atoms with Crippen molar-refractivity contribution in [1.82, 2.24) is 15.2 Å². The molecule has 0 aliphatic heterocycles. The van der Waals surface area contributed by atoms with Crippen molar-refractivity contribution in [2.45, 2.75) is 37.2 Å². The second-order valence-corrected chi connectivity index (χ2v) is 9.42. The zero-order valence-electron chi connectivity index (χ0n) is 17.6. The van der Waals surface area contributed by atoms with E-state index >= 15 is 0 Å². The van der Waals surface area contributed by atoms with Gasteiger partial charge in [0, 0.05) is 29.5 Å². The van der Waals surface area contributed by atoms with Gasteiger partial charge in [0.15, 0.2) is 5.13 Å². The third-order valence-electron chi connectivity index (χ3n) is 4.75. The highest BCUT2D eigenvalue weighted by Crippen LogP contribution is 2.32. The highest BCUT2D eigenvalue weighted by atomic mass is 35.5. The van der Waals surface area contributed by atoms with E-state index < -0.39 is 0 Å². The van der Waals surface area contributed by atoms with Crippen LogP contribution in [0.2, 0.25) is 5.02 Å². The van der Waals surface area contributed by atoms with Gasteiger partial charge in [0.25, 0.3) is 5.22 Å². The van der Waals surface area contributed by atoms with Crippen molar-refractivity contribution in [3.05, 3.63) is 82.1 Å². The molecule has 0 saturated carbocycles. The quantitative estimate of drug-likeness (QED) is 0.266. The minimum absolute atomic E-state index is 0.130. The van der Waals surface area contributed by atoms with E-state index in [4.69, 9.17) is 16.0 Å². The van der Waals surface area contributed by atoms with Gasteiger partial charge >= 0.3 is 0 Å². The number of benzene rings is 2. The highest BCUT2D eigenvalue weighted by molar-refractivity contribution is 7.98. The summed E-state index contributed by atoms with van der Waals surface area (Å²) in [7, 11) is 0. The van der Waals surface area contributed by atoms with Gasteiger partial charge in [-0.05, 0) is 29.7 Å². The molecule has 0 aliphatic rings. The van der Waals surface area contributed by atoms with Crippen LogP contribution in [0.25, 0.3) is 0 Å². The van der Waals surface area contributed by atoms with Gasteiger partial charge in [0.05, 0.1) is 11.4 Å². The second kappa shape index (κ2) is 10.3. The Morgan fingerprint density at radius 3 is 2.75 bits per heavy atom. The standard InChI is InChI=1S/C23H21ClN4O2S2/c1-15(17-7-4-3-5-8-17)11-21-26-27-23(30-21)32-14-19-13-31-22(25-19)28(16(2)29)20-10-6-9-18(24)12-20/h3-10,12-13,15H,11,14H2,1-2H3. The van der Waals surface area contributed by atoms with Crippen LogP contribution in [0.4, 0.5) is 10.8 Å². The first-order valence-electron chi connectivity index (χ1n) is 10.0. The Labute approximate surface area is 199 Å². The normalized spacial score (nSPS) is 12.0. The van der Waals surface area contributed by atoms with Crippen LogP contribution < -0.4 is 4.90 Å². The summed E-state index contributed by atoms with van der Waals surface area (Å²) in [6.07, 6.45) is 0.686. The van der Waals surface area contributed by atoms with Crippen LogP contribution in [0.3, 0.4) is 0 Å². The van der Waals surface area contributed by atoms with Crippen LogP contribution in [-0.2, 0) is 17.0 Å². The molecule has 0 bridgehead atoms. The number of thiazole rings is 1. The summed E-state index contributed by atoms with van der Waals surface area (Å²) < 4.78 is 5.81. The summed E-state index contributed by atoms with van der Waals surface area (Å²) in [5.41, 5.74) is 2.76. The molecule has 0 spiro atoms. The molecule has 4 aromatic rings. The topological polar surface area (TPSA) is 72.1 Å². The summed E-state index contributed by atoms with van der Waals surface area (Å²) in [4.78, 5) is 18.4. The maximum absolute atomic E-state index is 12.2. The fourth-order valence-electron chi connectivity index (χ4n) is 3.18. The summed E-state index contributed by atoms with van der Waals surface area (Å²) in [6.45, 7) is 3.65. The van der Waals surface area contributed by atoms with Crippen molar-refractivity contribution in [3.63, 3.8) is 0 Å². The minimum Gasteiger partial charge on any atom is -0.416 e. The molecule has 164 valence electrons. The molecular formula is C23H21ClN4O2S2. The summed E-state index contributed by atoms with van der Waals surface area (Å²) in [5, 5.41) is 11.9. The number of carbonyl (C=O) groups excluding carboxylic acids is 1. The average molecular weight is 485 g/mol. The van der Waals surface area contributed by atoms with Crippen molar-refractivity contribution >= 4 is 51.4 Å². The molecule has 2 heterocycles. The molecule has 1 atom stereocenters. The molecule has 1 unspecified atom stereocenters. The van der Waals surface area contributed by atoms with Crippen LogP contribution in [0, 0.1) is 0 Å². The molecule has 0 saturated heterocycles. The van der Waals surface area contributed by atoms with E-state index in [-0.39, 0.29) is 5.91 Å². The number of nitrogens with zero attached hydrogens (tertiary/aromatic N) is 4. The number of anilines is 2. The number of rotatable bonds is 8. The molecule has 2 aromatic carbocycles. The van der Waals surface area contributed by atoms with Crippen molar-refractivity contribution in [2.24, 2.45) is 0 Å². The Morgan fingerprint density at radius 1 is 1.19 bits per heavy atom. The third kappa shape index (κ3) is 5.56.